The first-order valence-electron chi connectivity index (χ1n) is 9.72. The zero-order chi connectivity index (χ0) is 18.1. The highest BCUT2D eigenvalue weighted by molar-refractivity contribution is 5.30. The molecule has 0 N–H and O–H groups in total. The molecule has 1 atom stereocenters. The van der Waals surface area contributed by atoms with Gasteiger partial charge >= 0.3 is 0 Å². The van der Waals surface area contributed by atoms with Crippen LogP contribution >= 0.6 is 0 Å². The molecule has 2 aliphatic rings. The summed E-state index contributed by atoms with van der Waals surface area (Å²) in [5, 5.41) is 13.4. The number of hydrogen-bond acceptors (Lipinski definition) is 5. The second kappa shape index (κ2) is 7.25. The maximum absolute atomic E-state index is 5.82. The van der Waals surface area contributed by atoms with Crippen LogP contribution < -0.4 is 0 Å². The van der Waals surface area contributed by atoms with Gasteiger partial charge in [0.25, 0.3) is 0 Å². The van der Waals surface area contributed by atoms with Crippen molar-refractivity contribution < 1.29 is 4.74 Å². The summed E-state index contributed by atoms with van der Waals surface area (Å²) < 4.78 is 10.0. The van der Waals surface area contributed by atoms with Crippen molar-refractivity contribution in [3.8, 4) is 5.69 Å². The summed E-state index contributed by atoms with van der Waals surface area (Å²) in [6.45, 7) is 4.64. The Morgan fingerprint density at radius 1 is 1.07 bits per heavy atom. The number of fused-ring (bicyclic) bond motifs is 1. The van der Waals surface area contributed by atoms with Crippen LogP contribution in [-0.2, 0) is 24.2 Å². The molecule has 0 spiro atoms. The monoisotopic (exact) mass is 364 g/mol. The molecule has 5 rings (SSSR count). The van der Waals surface area contributed by atoms with Crippen LogP contribution in [0, 0.1) is 0 Å². The first kappa shape index (κ1) is 16.6. The Hall–Kier alpha value is -2.51. The Morgan fingerprint density at radius 3 is 2.85 bits per heavy atom. The molecule has 0 radical (unpaired) electrons. The van der Waals surface area contributed by atoms with E-state index in [2.05, 4.69) is 43.1 Å². The van der Waals surface area contributed by atoms with Crippen molar-refractivity contribution in [3.63, 3.8) is 0 Å². The van der Waals surface area contributed by atoms with Gasteiger partial charge in [0.1, 0.15) is 11.9 Å². The van der Waals surface area contributed by atoms with E-state index >= 15 is 0 Å². The minimum atomic E-state index is 0.127. The highest BCUT2D eigenvalue weighted by atomic mass is 16.5. The molecule has 4 heterocycles. The van der Waals surface area contributed by atoms with Gasteiger partial charge in [-0.15, -0.1) is 10.2 Å². The molecule has 7 heteroatoms. The molecule has 0 saturated carbocycles. The minimum absolute atomic E-state index is 0.127. The van der Waals surface area contributed by atoms with Crippen LogP contribution in [0.25, 0.3) is 5.69 Å². The van der Waals surface area contributed by atoms with Crippen LogP contribution in [-0.4, -0.2) is 49.1 Å². The molecule has 2 aliphatic heterocycles. The van der Waals surface area contributed by atoms with Gasteiger partial charge in [0.15, 0.2) is 5.82 Å². The molecule has 27 heavy (non-hydrogen) atoms. The van der Waals surface area contributed by atoms with Crippen molar-refractivity contribution in [1.82, 2.24) is 29.4 Å². The molecule has 1 unspecified atom stereocenters. The van der Waals surface area contributed by atoms with Gasteiger partial charge in [0, 0.05) is 51.0 Å². The van der Waals surface area contributed by atoms with Gasteiger partial charge in [-0.25, -0.2) is 4.68 Å². The van der Waals surface area contributed by atoms with E-state index in [1.807, 2.05) is 29.1 Å². The van der Waals surface area contributed by atoms with Crippen LogP contribution in [0.2, 0.25) is 0 Å². The smallest absolute Gasteiger partial charge is 0.162 e. The SMILES string of the molecule is c1ccc(-n2cc(CN3CCc4nnc(C5CCCO5)n4CC3)cn2)cc1. The number of benzene rings is 1. The fourth-order valence-electron chi connectivity index (χ4n) is 3.99. The fraction of sp³-hybridized carbons (Fsp3) is 0.450. The summed E-state index contributed by atoms with van der Waals surface area (Å²) >= 11 is 0. The average molecular weight is 364 g/mol. The van der Waals surface area contributed by atoms with E-state index in [1.54, 1.807) is 0 Å². The van der Waals surface area contributed by atoms with Gasteiger partial charge in [0.05, 0.1) is 11.9 Å². The second-order valence-electron chi connectivity index (χ2n) is 7.28. The zero-order valence-electron chi connectivity index (χ0n) is 15.4. The predicted octanol–water partition coefficient (Wildman–Crippen LogP) is 2.37. The van der Waals surface area contributed by atoms with Crippen LogP contribution in [0.15, 0.2) is 42.7 Å². The van der Waals surface area contributed by atoms with Gasteiger partial charge in [-0.3, -0.25) is 4.90 Å². The summed E-state index contributed by atoms with van der Waals surface area (Å²) in [6.07, 6.45) is 7.31. The molecular formula is C20H24N6O. The van der Waals surface area contributed by atoms with Crippen molar-refractivity contribution >= 4 is 0 Å². The fourth-order valence-corrected chi connectivity index (χ4v) is 3.99. The standard InChI is InChI=1S/C20H24N6O/c1-2-5-17(6-3-1)26-15-16(13-21-26)14-24-9-8-19-22-23-20(25(19)11-10-24)18-7-4-12-27-18/h1-3,5-6,13,15,18H,4,7-12,14H2. The highest BCUT2D eigenvalue weighted by Crippen LogP contribution is 2.28. The minimum Gasteiger partial charge on any atom is -0.370 e. The van der Waals surface area contributed by atoms with Gasteiger partial charge in [-0.1, -0.05) is 18.2 Å². The van der Waals surface area contributed by atoms with Crippen molar-refractivity contribution in [3.05, 3.63) is 59.9 Å². The molecule has 0 bridgehead atoms. The van der Waals surface area contributed by atoms with Gasteiger partial charge in [-0.05, 0) is 25.0 Å². The Balaban J connectivity index is 1.26. The number of para-hydroxylation sites is 1. The van der Waals surface area contributed by atoms with E-state index in [1.165, 1.54) is 5.56 Å². The molecule has 140 valence electrons. The van der Waals surface area contributed by atoms with E-state index in [4.69, 9.17) is 4.74 Å². The molecular weight excluding hydrogens is 340 g/mol. The molecule has 0 amide bonds. The van der Waals surface area contributed by atoms with Crippen LogP contribution in [0.3, 0.4) is 0 Å². The molecule has 3 aromatic rings. The Kier molecular flexibility index (Phi) is 4.47. The molecule has 1 fully saturated rings. The molecule has 2 aromatic heterocycles. The maximum atomic E-state index is 5.82. The van der Waals surface area contributed by atoms with E-state index in [0.29, 0.717) is 0 Å². The number of aromatic nitrogens is 5. The third-order valence-corrected chi connectivity index (χ3v) is 5.43. The second-order valence-corrected chi connectivity index (χ2v) is 7.28. The van der Waals surface area contributed by atoms with E-state index in [-0.39, 0.29) is 6.10 Å². The van der Waals surface area contributed by atoms with Gasteiger partial charge in [-0.2, -0.15) is 5.10 Å². The average Bonchev–Trinajstić information content (AvgIpc) is 3.43. The Labute approximate surface area is 158 Å². The zero-order valence-corrected chi connectivity index (χ0v) is 15.4. The maximum Gasteiger partial charge on any atom is 0.162 e. The lowest BCUT2D eigenvalue weighted by atomic mass is 10.2. The van der Waals surface area contributed by atoms with E-state index in [9.17, 15) is 0 Å². The lowest BCUT2D eigenvalue weighted by molar-refractivity contribution is 0.101. The number of hydrogen-bond donors (Lipinski definition) is 0. The van der Waals surface area contributed by atoms with Crippen molar-refractivity contribution in [2.75, 3.05) is 19.7 Å². The van der Waals surface area contributed by atoms with E-state index < -0.39 is 0 Å². The molecule has 1 aromatic carbocycles. The third-order valence-electron chi connectivity index (χ3n) is 5.43. The van der Waals surface area contributed by atoms with Crippen LogP contribution in [0.1, 0.15) is 36.2 Å². The Morgan fingerprint density at radius 2 is 2.00 bits per heavy atom. The number of ether oxygens (including phenoxy) is 1. The normalized spacial score (nSPS) is 20.5. The highest BCUT2D eigenvalue weighted by Gasteiger charge is 2.27. The van der Waals surface area contributed by atoms with Crippen molar-refractivity contribution in [1.29, 1.82) is 0 Å². The topological polar surface area (TPSA) is 61.0 Å². The summed E-state index contributed by atoms with van der Waals surface area (Å²) in [5.74, 6) is 2.10. The first-order chi connectivity index (χ1) is 13.4. The summed E-state index contributed by atoms with van der Waals surface area (Å²) in [6, 6.07) is 10.2. The number of nitrogens with zero attached hydrogens (tertiary/aromatic N) is 6. The number of rotatable bonds is 4. The predicted molar refractivity (Wildman–Crippen MR) is 100 cm³/mol. The molecule has 1 saturated heterocycles. The first-order valence-corrected chi connectivity index (χ1v) is 9.72. The third kappa shape index (κ3) is 3.40. The lowest BCUT2D eigenvalue weighted by Gasteiger charge is -2.19. The summed E-state index contributed by atoms with van der Waals surface area (Å²) in [4.78, 5) is 2.47. The van der Waals surface area contributed by atoms with Crippen LogP contribution in [0.4, 0.5) is 0 Å². The van der Waals surface area contributed by atoms with Gasteiger partial charge in [0.2, 0.25) is 0 Å². The van der Waals surface area contributed by atoms with Crippen LogP contribution in [0.5, 0.6) is 0 Å². The largest absolute Gasteiger partial charge is 0.370 e. The van der Waals surface area contributed by atoms with Crippen molar-refractivity contribution in [2.24, 2.45) is 0 Å². The summed E-state index contributed by atoms with van der Waals surface area (Å²) in [7, 11) is 0. The quantitative estimate of drug-likeness (QED) is 0.711. The lowest BCUT2D eigenvalue weighted by Crippen LogP contribution is -2.26. The van der Waals surface area contributed by atoms with E-state index in [0.717, 1.165) is 69.4 Å². The molecule has 7 nitrogen and oxygen atoms in total. The van der Waals surface area contributed by atoms with Gasteiger partial charge < -0.3 is 9.30 Å². The Bertz CT molecular complexity index is 896. The summed E-state index contributed by atoms with van der Waals surface area (Å²) in [5.41, 5.74) is 2.32. The molecule has 0 aliphatic carbocycles. The van der Waals surface area contributed by atoms with Crippen molar-refractivity contribution in [2.45, 2.75) is 38.5 Å².